The summed E-state index contributed by atoms with van der Waals surface area (Å²) in [5.41, 5.74) is 6.03. The van der Waals surface area contributed by atoms with Crippen LogP contribution < -0.4 is 5.73 Å². The number of nitrogens with one attached hydrogen (secondary N) is 1. The molecule has 9 heteroatoms. The zero-order chi connectivity index (χ0) is 21.3. The molecule has 0 aliphatic carbocycles. The average Bonchev–Trinajstić information content (AvgIpc) is 3.09. The Hall–Kier alpha value is -3.10. The topological polar surface area (TPSA) is 122 Å². The van der Waals surface area contributed by atoms with Gasteiger partial charge in [-0.25, -0.2) is 9.78 Å². The second-order valence-electron chi connectivity index (χ2n) is 8.14. The van der Waals surface area contributed by atoms with Crippen LogP contribution in [0.15, 0.2) is 18.2 Å². The van der Waals surface area contributed by atoms with E-state index < -0.39 is 11.5 Å². The second-order valence-corrected chi connectivity index (χ2v) is 8.14. The fourth-order valence-electron chi connectivity index (χ4n) is 3.43. The molecule has 0 saturated carbocycles. The molecule has 0 unspecified atom stereocenters. The Kier molecular flexibility index (Phi) is 5.50. The van der Waals surface area contributed by atoms with E-state index in [9.17, 15) is 14.4 Å². The Balaban J connectivity index is 1.78. The van der Waals surface area contributed by atoms with Gasteiger partial charge in [-0.15, -0.1) is 0 Å². The fraction of sp³-hybridized carbons (Fsp3) is 0.500. The third-order valence-corrected chi connectivity index (χ3v) is 4.85. The zero-order valence-electron chi connectivity index (χ0n) is 17.2. The van der Waals surface area contributed by atoms with Gasteiger partial charge in [-0.05, 0) is 39.3 Å². The number of nitrogens with zero attached hydrogens (tertiary/aromatic N) is 3. The van der Waals surface area contributed by atoms with Gasteiger partial charge in [0.1, 0.15) is 11.1 Å². The van der Waals surface area contributed by atoms with Gasteiger partial charge in [0.25, 0.3) is 11.8 Å². The van der Waals surface area contributed by atoms with Crippen molar-refractivity contribution in [2.75, 3.05) is 19.6 Å². The monoisotopic (exact) mass is 401 g/mol. The van der Waals surface area contributed by atoms with Gasteiger partial charge >= 0.3 is 6.09 Å². The van der Waals surface area contributed by atoms with E-state index in [2.05, 4.69) is 9.97 Å². The van der Waals surface area contributed by atoms with Crippen molar-refractivity contribution >= 4 is 28.9 Å². The highest BCUT2D eigenvalue weighted by molar-refractivity contribution is 6.05. The van der Waals surface area contributed by atoms with Crippen LogP contribution in [0.25, 0.3) is 11.0 Å². The van der Waals surface area contributed by atoms with E-state index in [4.69, 9.17) is 10.5 Å². The first-order valence-corrected chi connectivity index (χ1v) is 9.68. The number of benzene rings is 1. The standard InChI is InChI=1S/C20H27N5O4/c1-5-12-11-24(9-10-25(12)19(28)29-20(2,3)4)18(27)17-22-14-8-6-7-13(16(21)26)15(14)23-17/h6-8,12H,5,9-11H2,1-4H3,(H2,21,26)(H,22,23)/t12-/m0/s1. The van der Waals surface area contributed by atoms with E-state index in [-0.39, 0.29) is 29.4 Å². The molecule has 1 fully saturated rings. The molecule has 1 saturated heterocycles. The van der Waals surface area contributed by atoms with Crippen LogP contribution in [0.5, 0.6) is 0 Å². The van der Waals surface area contributed by atoms with Crippen LogP contribution in [0.2, 0.25) is 0 Å². The minimum atomic E-state index is -0.599. The molecule has 2 heterocycles. The summed E-state index contributed by atoms with van der Waals surface area (Å²) in [5, 5.41) is 0. The maximum absolute atomic E-state index is 13.0. The lowest BCUT2D eigenvalue weighted by Gasteiger charge is -2.41. The Labute approximate surface area is 169 Å². The number of hydrogen-bond acceptors (Lipinski definition) is 5. The number of primary amides is 1. The quantitative estimate of drug-likeness (QED) is 0.816. The summed E-state index contributed by atoms with van der Waals surface area (Å²) in [6.07, 6.45) is 0.320. The van der Waals surface area contributed by atoms with E-state index in [1.807, 2.05) is 27.7 Å². The van der Waals surface area contributed by atoms with Gasteiger partial charge in [-0.2, -0.15) is 0 Å². The van der Waals surface area contributed by atoms with Crippen molar-refractivity contribution in [2.24, 2.45) is 5.73 Å². The summed E-state index contributed by atoms with van der Waals surface area (Å²) < 4.78 is 5.49. The van der Waals surface area contributed by atoms with Crippen molar-refractivity contribution in [3.63, 3.8) is 0 Å². The number of hydrogen-bond donors (Lipinski definition) is 2. The first kappa shape index (κ1) is 20.6. The average molecular weight is 401 g/mol. The number of carbonyl (C=O) groups is 3. The van der Waals surface area contributed by atoms with Gasteiger partial charge in [0.15, 0.2) is 5.82 Å². The number of aromatic amines is 1. The molecule has 0 radical (unpaired) electrons. The van der Waals surface area contributed by atoms with Gasteiger partial charge < -0.3 is 25.3 Å². The molecule has 9 nitrogen and oxygen atoms in total. The Morgan fingerprint density at radius 1 is 1.28 bits per heavy atom. The fourth-order valence-corrected chi connectivity index (χ4v) is 3.43. The van der Waals surface area contributed by atoms with Gasteiger partial charge in [0, 0.05) is 19.6 Å². The summed E-state index contributed by atoms with van der Waals surface area (Å²) in [7, 11) is 0. The van der Waals surface area contributed by atoms with Crippen LogP contribution in [0.1, 0.15) is 55.1 Å². The van der Waals surface area contributed by atoms with Crippen molar-refractivity contribution in [2.45, 2.75) is 45.8 Å². The van der Waals surface area contributed by atoms with Gasteiger partial charge in [0.2, 0.25) is 0 Å². The number of imidazole rings is 1. The number of amides is 3. The van der Waals surface area contributed by atoms with E-state index in [0.717, 1.165) is 0 Å². The molecule has 156 valence electrons. The number of rotatable bonds is 3. The first-order valence-electron chi connectivity index (χ1n) is 9.68. The predicted octanol–water partition coefficient (Wildman–Crippen LogP) is 2.13. The molecule has 3 amide bonds. The largest absolute Gasteiger partial charge is 0.444 e. The minimum absolute atomic E-state index is 0.145. The van der Waals surface area contributed by atoms with Crippen molar-refractivity contribution in [3.05, 3.63) is 29.6 Å². The molecule has 1 aliphatic rings. The molecule has 3 N–H and O–H groups in total. The molecule has 2 aromatic rings. The Morgan fingerprint density at radius 3 is 2.62 bits per heavy atom. The van der Waals surface area contributed by atoms with Crippen molar-refractivity contribution in [1.29, 1.82) is 0 Å². The number of fused-ring (bicyclic) bond motifs is 1. The summed E-state index contributed by atoms with van der Waals surface area (Å²) in [4.78, 5) is 47.7. The molecule has 29 heavy (non-hydrogen) atoms. The summed E-state index contributed by atoms with van der Waals surface area (Å²) >= 11 is 0. The minimum Gasteiger partial charge on any atom is -0.444 e. The van der Waals surface area contributed by atoms with Crippen LogP contribution in [0.3, 0.4) is 0 Å². The van der Waals surface area contributed by atoms with Crippen molar-refractivity contribution in [1.82, 2.24) is 19.8 Å². The van der Waals surface area contributed by atoms with E-state index in [0.29, 0.717) is 37.1 Å². The van der Waals surface area contributed by atoms with Gasteiger partial charge in [-0.3, -0.25) is 9.59 Å². The maximum atomic E-state index is 13.0. The Morgan fingerprint density at radius 2 is 2.00 bits per heavy atom. The number of H-pyrrole nitrogens is 1. The van der Waals surface area contributed by atoms with Crippen LogP contribution >= 0.6 is 0 Å². The third-order valence-electron chi connectivity index (χ3n) is 4.85. The molecule has 1 aromatic heterocycles. The number of carbonyl (C=O) groups excluding carboxylic acids is 3. The van der Waals surface area contributed by atoms with E-state index in [1.165, 1.54) is 0 Å². The maximum Gasteiger partial charge on any atom is 0.410 e. The van der Waals surface area contributed by atoms with Crippen LogP contribution in [0.4, 0.5) is 4.79 Å². The van der Waals surface area contributed by atoms with Crippen molar-refractivity contribution < 1.29 is 19.1 Å². The first-order chi connectivity index (χ1) is 13.6. The molecule has 0 bridgehead atoms. The number of para-hydroxylation sites is 1. The lowest BCUT2D eigenvalue weighted by molar-refractivity contribution is -0.00135. The second kappa shape index (κ2) is 7.73. The summed E-state index contributed by atoms with van der Waals surface area (Å²) in [6, 6.07) is 4.85. The highest BCUT2D eigenvalue weighted by Crippen LogP contribution is 2.21. The van der Waals surface area contributed by atoms with Crippen molar-refractivity contribution in [3.8, 4) is 0 Å². The van der Waals surface area contributed by atoms with E-state index >= 15 is 0 Å². The van der Waals surface area contributed by atoms with Gasteiger partial charge in [-0.1, -0.05) is 13.0 Å². The Bertz CT molecular complexity index is 946. The molecular formula is C20H27N5O4. The van der Waals surface area contributed by atoms with Gasteiger partial charge in [0.05, 0.1) is 17.1 Å². The molecule has 1 aliphatic heterocycles. The highest BCUT2D eigenvalue weighted by atomic mass is 16.6. The normalized spacial score (nSPS) is 17.4. The predicted molar refractivity (Wildman–Crippen MR) is 108 cm³/mol. The lowest BCUT2D eigenvalue weighted by Crippen LogP contribution is -2.57. The van der Waals surface area contributed by atoms with Crippen LogP contribution in [0, 0.1) is 0 Å². The number of aromatic nitrogens is 2. The zero-order valence-corrected chi connectivity index (χ0v) is 17.2. The number of ether oxygens (including phenoxy) is 1. The smallest absolute Gasteiger partial charge is 0.410 e. The SMILES string of the molecule is CC[C@H]1CN(C(=O)c2nc3c(C(N)=O)cccc3[nH]2)CCN1C(=O)OC(C)(C)C. The summed E-state index contributed by atoms with van der Waals surface area (Å²) in [5.74, 6) is -0.730. The lowest BCUT2D eigenvalue weighted by atomic mass is 10.1. The van der Waals surface area contributed by atoms with Crippen LogP contribution in [-0.2, 0) is 4.74 Å². The molecule has 1 atom stereocenters. The number of piperazine rings is 1. The molecular weight excluding hydrogens is 374 g/mol. The molecule has 3 rings (SSSR count). The highest BCUT2D eigenvalue weighted by Gasteiger charge is 2.35. The van der Waals surface area contributed by atoms with Crippen LogP contribution in [-0.4, -0.2) is 69.0 Å². The summed E-state index contributed by atoms with van der Waals surface area (Å²) in [6.45, 7) is 8.58. The molecule has 1 aromatic carbocycles. The number of nitrogens with two attached hydrogens (primary N) is 1. The van der Waals surface area contributed by atoms with E-state index in [1.54, 1.807) is 28.0 Å². The third kappa shape index (κ3) is 4.33. The molecule has 0 spiro atoms.